The van der Waals surface area contributed by atoms with Gasteiger partial charge in [0.05, 0.1) is 0 Å². The number of hydrogen-bond acceptors (Lipinski definition) is 3. The molecule has 0 aliphatic carbocycles. The molecule has 184 valence electrons. The lowest BCUT2D eigenvalue weighted by molar-refractivity contribution is 0.0967. The second-order valence-electron chi connectivity index (χ2n) is 10.5. The zero-order valence-corrected chi connectivity index (χ0v) is 21.9. The zero-order chi connectivity index (χ0) is 24.7. The maximum atomic E-state index is 13.2. The smallest absolute Gasteiger partial charge is 0.162 e. The van der Waals surface area contributed by atoms with Gasteiger partial charge in [0.1, 0.15) is 13.7 Å². The van der Waals surface area contributed by atoms with Gasteiger partial charge >= 0.3 is 0 Å². The van der Waals surface area contributed by atoms with Gasteiger partial charge in [0.25, 0.3) is 0 Å². The van der Waals surface area contributed by atoms with Crippen molar-refractivity contribution in [2.24, 2.45) is 0 Å². The fraction of sp³-hybridized carbons (Fsp3) is 0.552. The molecule has 0 N–H and O–H groups in total. The van der Waals surface area contributed by atoms with Crippen molar-refractivity contribution in [3.8, 4) is 0 Å². The molecule has 0 aromatic heterocycles. The fourth-order valence-corrected chi connectivity index (χ4v) is 5.84. The lowest BCUT2D eigenvalue weighted by atomic mass is 9.53. The Kier molecular flexibility index (Phi) is 9.35. The van der Waals surface area contributed by atoms with Crippen molar-refractivity contribution in [3.63, 3.8) is 0 Å². The van der Waals surface area contributed by atoms with Crippen LogP contribution < -0.4 is 4.90 Å². The Morgan fingerprint density at radius 2 is 1.91 bits per heavy atom. The van der Waals surface area contributed by atoms with Gasteiger partial charge in [-0.25, -0.2) is 4.39 Å². The van der Waals surface area contributed by atoms with Crippen LogP contribution in [0.25, 0.3) is 0 Å². The maximum absolute atomic E-state index is 13.2. The first-order valence-electron chi connectivity index (χ1n) is 13.1. The molecule has 1 aliphatic rings. The number of ketones is 1. The topological polar surface area (TPSA) is 23.6 Å². The number of piperidine rings is 1. The van der Waals surface area contributed by atoms with Gasteiger partial charge in [0.15, 0.2) is 5.78 Å². The largest absolute Gasteiger partial charge is 0.374 e. The molecule has 0 unspecified atom stereocenters. The van der Waals surface area contributed by atoms with Crippen molar-refractivity contribution < 1.29 is 9.18 Å². The highest BCUT2D eigenvalue weighted by Gasteiger charge is 2.40. The first-order chi connectivity index (χ1) is 16.3. The number of benzene rings is 2. The Bertz CT molecular complexity index is 948. The molecule has 5 heteroatoms. The summed E-state index contributed by atoms with van der Waals surface area (Å²) in [6.45, 7) is 11.0. The molecule has 1 fully saturated rings. The van der Waals surface area contributed by atoms with E-state index in [-0.39, 0.29) is 11.6 Å². The number of likely N-dealkylation sites (tertiary alicyclic amines) is 1. The Morgan fingerprint density at radius 3 is 2.59 bits per heavy atom. The van der Waals surface area contributed by atoms with E-state index in [1.165, 1.54) is 48.2 Å². The number of nitrogens with zero attached hydrogens (tertiary/aromatic N) is 2. The summed E-state index contributed by atoms with van der Waals surface area (Å²) in [5.74, 6) is 0.294. The predicted octanol–water partition coefficient (Wildman–Crippen LogP) is 6.02. The summed E-state index contributed by atoms with van der Waals surface area (Å²) in [6, 6.07) is 12.8. The van der Waals surface area contributed by atoms with Gasteiger partial charge in [-0.1, -0.05) is 38.8 Å². The van der Waals surface area contributed by atoms with Crippen LogP contribution in [0.5, 0.6) is 0 Å². The van der Waals surface area contributed by atoms with E-state index < -0.39 is 0 Å². The van der Waals surface area contributed by atoms with Crippen LogP contribution in [-0.2, 0) is 0 Å². The van der Waals surface area contributed by atoms with Crippen LogP contribution in [0.4, 0.5) is 10.1 Å². The quantitative estimate of drug-likeness (QED) is 0.300. The molecule has 2 aromatic carbocycles. The summed E-state index contributed by atoms with van der Waals surface area (Å²) in [5.41, 5.74) is 4.86. The van der Waals surface area contributed by atoms with Crippen LogP contribution in [0, 0.1) is 12.7 Å². The van der Waals surface area contributed by atoms with Crippen molar-refractivity contribution >= 4 is 19.3 Å². The zero-order valence-electron chi connectivity index (χ0n) is 21.9. The van der Waals surface area contributed by atoms with Gasteiger partial charge in [0, 0.05) is 37.8 Å². The number of carbonyl (C=O) groups excluding carboxylic acids is 1. The third kappa shape index (κ3) is 6.30. The normalized spacial score (nSPS) is 20.9. The summed E-state index contributed by atoms with van der Waals surface area (Å²) in [4.78, 5) is 17.5. The molecule has 34 heavy (non-hydrogen) atoms. The van der Waals surface area contributed by atoms with E-state index in [9.17, 15) is 9.18 Å². The molecule has 1 saturated heterocycles. The molecule has 0 amide bonds. The first kappa shape index (κ1) is 26.5. The molecule has 0 radical (unpaired) electrons. The van der Waals surface area contributed by atoms with Crippen molar-refractivity contribution in [1.82, 2.24) is 4.90 Å². The predicted molar refractivity (Wildman–Crippen MR) is 145 cm³/mol. The van der Waals surface area contributed by atoms with E-state index >= 15 is 0 Å². The lowest BCUT2D eigenvalue weighted by Gasteiger charge is -2.47. The van der Waals surface area contributed by atoms with Gasteiger partial charge in [-0.2, -0.15) is 0 Å². The molecule has 3 nitrogen and oxygen atoms in total. The second kappa shape index (κ2) is 12.0. The van der Waals surface area contributed by atoms with Crippen molar-refractivity contribution in [2.75, 3.05) is 38.1 Å². The van der Waals surface area contributed by atoms with Crippen molar-refractivity contribution in [3.05, 3.63) is 65.0 Å². The minimum Gasteiger partial charge on any atom is -0.374 e. The Balaban J connectivity index is 1.72. The van der Waals surface area contributed by atoms with Crippen LogP contribution in [0.1, 0.15) is 79.8 Å². The van der Waals surface area contributed by atoms with E-state index in [1.807, 2.05) is 0 Å². The van der Waals surface area contributed by atoms with Crippen LogP contribution in [0.2, 0.25) is 5.31 Å². The van der Waals surface area contributed by atoms with Crippen LogP contribution in [0.15, 0.2) is 42.5 Å². The number of Topliss-reactive ketones (excluding diaryl/α,β-unsaturated/α-hetero) is 1. The molecule has 2 aromatic rings. The number of anilines is 1. The van der Waals surface area contributed by atoms with Gasteiger partial charge < -0.3 is 9.80 Å². The monoisotopic (exact) mass is 464 g/mol. The van der Waals surface area contributed by atoms with E-state index in [2.05, 4.69) is 63.7 Å². The molecule has 0 spiro atoms. The highest BCUT2D eigenvalue weighted by molar-refractivity contribution is 6.16. The fourth-order valence-electron chi connectivity index (χ4n) is 5.84. The van der Waals surface area contributed by atoms with Gasteiger partial charge in [-0.05, 0) is 92.0 Å². The number of hydrogen-bond donors (Lipinski definition) is 0. The standard InChI is InChI=1S/C29H42BFN2O/c1-5-16-29(30)17-20-33(19-8-11-28(34)23-12-14-24(31)15-13-23)21-26(29)25-9-7-10-27(22(25)3)32(4)18-6-2/h7,9-10,12-15,26H,5-6,8,11,16-21,30H2,1-4H3/t26-,29+/m0/s1. The van der Waals surface area contributed by atoms with Crippen LogP contribution in [-0.4, -0.2) is 51.8 Å². The molecule has 0 bridgehead atoms. The average molecular weight is 464 g/mol. The SMILES string of the molecule is B[C@]1(CCC)CCN(CCCC(=O)c2ccc(F)cc2)C[C@H]1c1cccc(N(C)CCC)c1C. The van der Waals surface area contributed by atoms with Gasteiger partial charge in [0.2, 0.25) is 0 Å². The Hall–Kier alpha value is -2.14. The van der Waals surface area contributed by atoms with E-state index in [0.29, 0.717) is 23.2 Å². The highest BCUT2D eigenvalue weighted by atomic mass is 19.1. The van der Waals surface area contributed by atoms with Gasteiger partial charge in [-0.15, -0.1) is 0 Å². The van der Waals surface area contributed by atoms with Crippen molar-refractivity contribution in [2.45, 2.75) is 70.5 Å². The van der Waals surface area contributed by atoms with Crippen molar-refractivity contribution in [1.29, 1.82) is 0 Å². The number of rotatable bonds is 11. The second-order valence-corrected chi connectivity index (χ2v) is 10.5. The molecule has 1 aliphatic heterocycles. The molecule has 3 rings (SSSR count). The number of carbonyl (C=O) groups is 1. The molecular formula is C29H42BFN2O. The average Bonchev–Trinajstić information content (AvgIpc) is 2.81. The minimum absolute atomic E-state index is 0.104. The Labute approximate surface area is 207 Å². The van der Waals surface area contributed by atoms with E-state index in [1.54, 1.807) is 12.1 Å². The third-order valence-electron chi connectivity index (χ3n) is 7.84. The summed E-state index contributed by atoms with van der Waals surface area (Å²) >= 11 is 0. The summed E-state index contributed by atoms with van der Waals surface area (Å²) in [6.07, 6.45) is 6.12. The summed E-state index contributed by atoms with van der Waals surface area (Å²) in [7, 11) is 4.69. The van der Waals surface area contributed by atoms with Crippen LogP contribution in [0.3, 0.4) is 0 Å². The molecule has 1 heterocycles. The van der Waals surface area contributed by atoms with Crippen LogP contribution >= 0.6 is 0 Å². The summed E-state index contributed by atoms with van der Waals surface area (Å²) < 4.78 is 13.2. The van der Waals surface area contributed by atoms with E-state index in [0.717, 1.165) is 39.0 Å². The molecular weight excluding hydrogens is 422 g/mol. The highest BCUT2D eigenvalue weighted by Crippen LogP contribution is 2.51. The molecule has 2 atom stereocenters. The number of halogens is 1. The maximum Gasteiger partial charge on any atom is 0.162 e. The Morgan fingerprint density at radius 1 is 1.18 bits per heavy atom. The molecule has 0 saturated carbocycles. The summed E-state index contributed by atoms with van der Waals surface area (Å²) in [5, 5.41) is 0.294. The minimum atomic E-state index is -0.300. The first-order valence-corrected chi connectivity index (χ1v) is 13.1. The van der Waals surface area contributed by atoms with Gasteiger partial charge in [-0.3, -0.25) is 4.79 Å². The van der Waals surface area contributed by atoms with E-state index in [4.69, 9.17) is 0 Å². The third-order valence-corrected chi connectivity index (χ3v) is 7.84. The lowest BCUT2D eigenvalue weighted by Crippen LogP contribution is -2.43.